The second-order valence-corrected chi connectivity index (χ2v) is 7.01. The highest BCUT2D eigenvalue weighted by molar-refractivity contribution is 7.90. The molecule has 0 spiro atoms. The molecule has 24 heavy (non-hydrogen) atoms. The van der Waals surface area contributed by atoms with Crippen LogP contribution in [-0.2, 0) is 10.0 Å². The van der Waals surface area contributed by atoms with Crippen LogP contribution in [-0.4, -0.2) is 22.3 Å². The Labute approximate surface area is 142 Å². The van der Waals surface area contributed by atoms with Crippen molar-refractivity contribution in [1.29, 1.82) is 0 Å². The first-order valence-corrected chi connectivity index (χ1v) is 8.51. The van der Waals surface area contributed by atoms with Gasteiger partial charge in [-0.15, -0.1) is 0 Å². The molecule has 9 heteroatoms. The van der Waals surface area contributed by atoms with Gasteiger partial charge in [-0.25, -0.2) is 17.4 Å². The minimum Gasteiger partial charge on any atom is -0.258 e. The lowest BCUT2D eigenvalue weighted by molar-refractivity contribution is -0.384. The number of nitro groups is 1. The maximum atomic E-state index is 12.7. The standard InChI is InChI=1S/C15H10ClN3O4S/c16-13-7-6-11(10-14(13)19(20)21)15-17-8-9-18(15)24(22,23)12-4-2-1-3-5-12/h1-10H. The molecule has 0 aliphatic rings. The molecular weight excluding hydrogens is 354 g/mol. The van der Waals surface area contributed by atoms with E-state index in [0.717, 1.165) is 3.97 Å². The quantitative estimate of drug-likeness (QED) is 0.523. The summed E-state index contributed by atoms with van der Waals surface area (Å²) in [6, 6.07) is 11.9. The van der Waals surface area contributed by atoms with E-state index in [1.165, 1.54) is 42.7 Å². The highest BCUT2D eigenvalue weighted by Crippen LogP contribution is 2.30. The first kappa shape index (κ1) is 16.2. The summed E-state index contributed by atoms with van der Waals surface area (Å²) in [7, 11) is -3.87. The number of nitrogens with zero attached hydrogens (tertiary/aromatic N) is 3. The van der Waals surface area contributed by atoms with Crippen LogP contribution in [0.25, 0.3) is 11.4 Å². The number of imidazole rings is 1. The predicted octanol–water partition coefficient (Wildman–Crippen LogP) is 3.35. The van der Waals surface area contributed by atoms with Crippen LogP contribution in [0.2, 0.25) is 5.02 Å². The normalized spacial score (nSPS) is 11.4. The maximum absolute atomic E-state index is 12.7. The number of benzene rings is 2. The molecule has 0 saturated carbocycles. The van der Waals surface area contributed by atoms with Gasteiger partial charge in [0.05, 0.1) is 9.82 Å². The van der Waals surface area contributed by atoms with Crippen molar-refractivity contribution < 1.29 is 13.3 Å². The largest absolute Gasteiger partial charge is 0.288 e. The molecule has 0 unspecified atom stereocenters. The Bertz CT molecular complexity index is 1020. The molecule has 0 amide bonds. The van der Waals surface area contributed by atoms with Gasteiger partial charge in [-0.3, -0.25) is 10.1 Å². The van der Waals surface area contributed by atoms with E-state index in [4.69, 9.17) is 11.6 Å². The molecule has 0 bridgehead atoms. The van der Waals surface area contributed by atoms with E-state index in [-0.39, 0.29) is 27.0 Å². The van der Waals surface area contributed by atoms with Crippen LogP contribution in [0.1, 0.15) is 0 Å². The molecule has 7 nitrogen and oxygen atoms in total. The third-order valence-corrected chi connectivity index (χ3v) is 5.31. The molecule has 0 N–H and O–H groups in total. The highest BCUT2D eigenvalue weighted by Gasteiger charge is 2.22. The van der Waals surface area contributed by atoms with E-state index in [9.17, 15) is 18.5 Å². The average molecular weight is 364 g/mol. The van der Waals surface area contributed by atoms with E-state index in [1.807, 2.05) is 0 Å². The Morgan fingerprint density at radius 3 is 2.50 bits per heavy atom. The number of hydrogen-bond acceptors (Lipinski definition) is 5. The second-order valence-electron chi connectivity index (χ2n) is 4.79. The summed E-state index contributed by atoms with van der Waals surface area (Å²) >= 11 is 5.79. The van der Waals surface area contributed by atoms with Gasteiger partial charge in [0, 0.05) is 24.0 Å². The zero-order chi connectivity index (χ0) is 17.3. The number of halogens is 1. The molecular formula is C15H10ClN3O4S. The second kappa shape index (κ2) is 6.06. The van der Waals surface area contributed by atoms with E-state index in [0.29, 0.717) is 0 Å². The molecule has 1 heterocycles. The minimum absolute atomic E-state index is 0.0345. The van der Waals surface area contributed by atoms with Crippen molar-refractivity contribution in [2.24, 2.45) is 0 Å². The van der Waals surface area contributed by atoms with Crippen molar-refractivity contribution in [2.45, 2.75) is 4.90 Å². The van der Waals surface area contributed by atoms with Crippen LogP contribution in [0.4, 0.5) is 5.69 Å². The minimum atomic E-state index is -3.87. The molecule has 0 radical (unpaired) electrons. The first-order valence-electron chi connectivity index (χ1n) is 6.69. The van der Waals surface area contributed by atoms with Crippen LogP contribution < -0.4 is 0 Å². The zero-order valence-electron chi connectivity index (χ0n) is 12.0. The van der Waals surface area contributed by atoms with E-state index in [2.05, 4.69) is 4.98 Å². The number of rotatable bonds is 4. The molecule has 122 valence electrons. The van der Waals surface area contributed by atoms with Crippen molar-refractivity contribution in [1.82, 2.24) is 8.96 Å². The van der Waals surface area contributed by atoms with Crippen molar-refractivity contribution >= 4 is 27.3 Å². The molecule has 0 aliphatic carbocycles. The number of hydrogen-bond donors (Lipinski definition) is 0. The molecule has 3 rings (SSSR count). The van der Waals surface area contributed by atoms with Crippen molar-refractivity contribution in [2.75, 3.05) is 0 Å². The van der Waals surface area contributed by atoms with E-state index < -0.39 is 14.9 Å². The summed E-state index contributed by atoms with van der Waals surface area (Å²) in [5.74, 6) is 0.0682. The fraction of sp³-hybridized carbons (Fsp3) is 0. The van der Waals surface area contributed by atoms with Crippen molar-refractivity contribution in [3.63, 3.8) is 0 Å². The van der Waals surface area contributed by atoms with Gasteiger partial charge in [-0.2, -0.15) is 0 Å². The number of nitro benzene ring substituents is 1. The summed E-state index contributed by atoms with van der Waals surface area (Å²) < 4.78 is 26.5. The van der Waals surface area contributed by atoms with E-state index >= 15 is 0 Å². The summed E-state index contributed by atoms with van der Waals surface area (Å²) in [4.78, 5) is 14.5. The van der Waals surface area contributed by atoms with Crippen LogP contribution >= 0.6 is 11.6 Å². The Morgan fingerprint density at radius 2 is 1.83 bits per heavy atom. The monoisotopic (exact) mass is 363 g/mol. The van der Waals surface area contributed by atoms with Crippen LogP contribution in [0.3, 0.4) is 0 Å². The predicted molar refractivity (Wildman–Crippen MR) is 88.4 cm³/mol. The fourth-order valence-corrected chi connectivity index (χ4v) is 3.70. The fourth-order valence-electron chi connectivity index (χ4n) is 2.19. The molecule has 0 aliphatic heterocycles. The summed E-state index contributed by atoms with van der Waals surface area (Å²) in [5.41, 5.74) is -0.0450. The third kappa shape index (κ3) is 2.77. The van der Waals surface area contributed by atoms with Crippen LogP contribution in [0, 0.1) is 10.1 Å². The van der Waals surface area contributed by atoms with Gasteiger partial charge in [0.2, 0.25) is 0 Å². The number of aromatic nitrogens is 2. The van der Waals surface area contributed by atoms with Gasteiger partial charge in [0.25, 0.3) is 15.7 Å². The Hall–Kier alpha value is -2.71. The van der Waals surface area contributed by atoms with Gasteiger partial charge in [0.1, 0.15) is 5.02 Å². The highest BCUT2D eigenvalue weighted by atomic mass is 35.5. The molecule has 1 aromatic heterocycles. The summed E-state index contributed by atoms with van der Waals surface area (Å²) in [6.45, 7) is 0. The lowest BCUT2D eigenvalue weighted by atomic mass is 10.2. The molecule has 0 atom stereocenters. The molecule has 0 fully saturated rings. The van der Waals surface area contributed by atoms with Gasteiger partial charge >= 0.3 is 0 Å². The average Bonchev–Trinajstić information content (AvgIpc) is 3.06. The van der Waals surface area contributed by atoms with Crippen LogP contribution in [0.15, 0.2) is 65.8 Å². The SMILES string of the molecule is O=[N+]([O-])c1cc(-c2nccn2S(=O)(=O)c2ccccc2)ccc1Cl. The lowest BCUT2D eigenvalue weighted by Gasteiger charge is -2.09. The topological polar surface area (TPSA) is 95.1 Å². The summed E-state index contributed by atoms with van der Waals surface area (Å²) in [6.07, 6.45) is 2.61. The Balaban J connectivity index is 2.16. The van der Waals surface area contributed by atoms with E-state index in [1.54, 1.807) is 18.2 Å². The first-order chi connectivity index (χ1) is 11.4. The smallest absolute Gasteiger partial charge is 0.258 e. The van der Waals surface area contributed by atoms with Gasteiger partial charge in [0.15, 0.2) is 5.82 Å². The summed E-state index contributed by atoms with van der Waals surface area (Å²) in [5, 5.41) is 11.0. The van der Waals surface area contributed by atoms with Gasteiger partial charge in [-0.1, -0.05) is 29.8 Å². The van der Waals surface area contributed by atoms with Crippen LogP contribution in [0.5, 0.6) is 0 Å². The maximum Gasteiger partial charge on any atom is 0.288 e. The third-order valence-electron chi connectivity index (χ3n) is 3.31. The van der Waals surface area contributed by atoms with Gasteiger partial charge < -0.3 is 0 Å². The molecule has 0 saturated heterocycles. The Kier molecular flexibility index (Phi) is 4.08. The molecule has 3 aromatic rings. The molecule has 2 aromatic carbocycles. The lowest BCUT2D eigenvalue weighted by Crippen LogP contribution is -2.13. The Morgan fingerprint density at radius 1 is 1.12 bits per heavy atom. The van der Waals surface area contributed by atoms with Gasteiger partial charge in [-0.05, 0) is 24.3 Å². The van der Waals surface area contributed by atoms with Crippen molar-refractivity contribution in [3.05, 3.63) is 76.1 Å². The van der Waals surface area contributed by atoms with Crippen molar-refractivity contribution in [3.8, 4) is 11.4 Å². The zero-order valence-corrected chi connectivity index (χ0v) is 13.6.